The number of aromatic nitrogens is 2. The molecule has 1 heterocycles. The van der Waals surface area contributed by atoms with Gasteiger partial charge in [0, 0.05) is 7.11 Å². The molecular formula is C7H7F3N2O3. The smallest absolute Gasteiger partial charge is 0.377 e. The van der Waals surface area contributed by atoms with Crippen LogP contribution < -0.4 is 0 Å². The highest BCUT2D eigenvalue weighted by Gasteiger charge is 2.37. The molecule has 0 atom stereocenters. The van der Waals surface area contributed by atoms with Gasteiger partial charge < -0.3 is 9.26 Å². The number of ether oxygens (including phenoxy) is 1. The number of alkyl halides is 3. The molecule has 0 aliphatic rings. The maximum atomic E-state index is 12.0. The number of ketones is 1. The number of hydrogen-bond donors (Lipinski definition) is 0. The van der Waals surface area contributed by atoms with Crippen molar-refractivity contribution in [2.75, 3.05) is 13.7 Å². The van der Waals surface area contributed by atoms with Crippen LogP contribution in [0.25, 0.3) is 0 Å². The monoisotopic (exact) mass is 224 g/mol. The second-order valence-electron chi connectivity index (χ2n) is 2.66. The summed E-state index contributed by atoms with van der Waals surface area (Å²) in [6.45, 7) is -0.205. The molecule has 0 N–H and O–H groups in total. The van der Waals surface area contributed by atoms with Crippen molar-refractivity contribution in [2.24, 2.45) is 0 Å². The van der Waals surface area contributed by atoms with Crippen LogP contribution in [0.4, 0.5) is 13.2 Å². The number of carbonyl (C=O) groups is 1. The van der Waals surface area contributed by atoms with Gasteiger partial charge in [-0.2, -0.15) is 18.2 Å². The van der Waals surface area contributed by atoms with Crippen molar-refractivity contribution in [2.45, 2.75) is 12.6 Å². The van der Waals surface area contributed by atoms with Crippen LogP contribution in [0, 0.1) is 0 Å². The molecule has 1 aromatic heterocycles. The highest BCUT2D eigenvalue weighted by molar-refractivity contribution is 5.81. The quantitative estimate of drug-likeness (QED) is 0.758. The standard InChI is InChI=1S/C7H7F3N2O3/c1-14-3-4(13)2-5-11-6(12-15-5)7(8,9)10/h2-3H2,1H3. The third kappa shape index (κ3) is 3.31. The van der Waals surface area contributed by atoms with Crippen molar-refractivity contribution < 1.29 is 27.2 Å². The van der Waals surface area contributed by atoms with E-state index < -0.39 is 17.8 Å². The van der Waals surface area contributed by atoms with Gasteiger partial charge in [-0.25, -0.2) is 0 Å². The van der Waals surface area contributed by atoms with E-state index in [0.29, 0.717) is 0 Å². The third-order valence-electron chi connectivity index (χ3n) is 1.38. The van der Waals surface area contributed by atoms with E-state index in [-0.39, 0.29) is 18.9 Å². The molecule has 5 nitrogen and oxygen atoms in total. The van der Waals surface area contributed by atoms with Crippen LogP contribution in [0.5, 0.6) is 0 Å². The Bertz CT molecular complexity index is 347. The molecule has 0 spiro atoms. The predicted molar refractivity (Wildman–Crippen MR) is 39.9 cm³/mol. The molecule has 1 rings (SSSR count). The number of carbonyl (C=O) groups excluding carboxylic acids is 1. The molecule has 0 aliphatic carbocycles. The van der Waals surface area contributed by atoms with Gasteiger partial charge >= 0.3 is 6.18 Å². The Kier molecular flexibility index (Phi) is 3.40. The number of halogens is 3. The van der Waals surface area contributed by atoms with Crippen molar-refractivity contribution in [1.29, 1.82) is 0 Å². The maximum absolute atomic E-state index is 12.0. The summed E-state index contributed by atoms with van der Waals surface area (Å²) in [7, 11) is 1.30. The Balaban J connectivity index is 2.65. The summed E-state index contributed by atoms with van der Waals surface area (Å²) in [5.41, 5.74) is 0. The summed E-state index contributed by atoms with van der Waals surface area (Å²) in [5.74, 6) is -2.19. The first-order chi connectivity index (χ1) is 6.93. The van der Waals surface area contributed by atoms with Gasteiger partial charge in [0.2, 0.25) is 5.89 Å². The Morgan fingerprint density at radius 2 is 2.20 bits per heavy atom. The van der Waals surface area contributed by atoms with Gasteiger partial charge in [0.15, 0.2) is 5.78 Å². The van der Waals surface area contributed by atoms with E-state index in [0.717, 1.165) is 0 Å². The molecule has 0 unspecified atom stereocenters. The van der Waals surface area contributed by atoms with Crippen LogP contribution >= 0.6 is 0 Å². The summed E-state index contributed by atoms with van der Waals surface area (Å²) in [6.07, 6.45) is -5.02. The first-order valence-electron chi connectivity index (χ1n) is 3.84. The molecule has 0 aromatic carbocycles. The van der Waals surface area contributed by atoms with Crippen molar-refractivity contribution in [3.05, 3.63) is 11.7 Å². The molecular weight excluding hydrogens is 217 g/mol. The van der Waals surface area contributed by atoms with Gasteiger partial charge in [0.1, 0.15) is 6.61 Å². The zero-order chi connectivity index (χ0) is 11.5. The Hall–Kier alpha value is -1.44. The molecule has 0 fully saturated rings. The van der Waals surface area contributed by atoms with E-state index >= 15 is 0 Å². The van der Waals surface area contributed by atoms with E-state index in [1.807, 2.05) is 0 Å². The van der Waals surface area contributed by atoms with Crippen LogP contribution in [0.1, 0.15) is 11.7 Å². The molecule has 0 saturated carbocycles. The lowest BCUT2D eigenvalue weighted by Crippen LogP contribution is -2.11. The van der Waals surface area contributed by atoms with Crippen molar-refractivity contribution >= 4 is 5.78 Å². The largest absolute Gasteiger partial charge is 0.455 e. The lowest BCUT2D eigenvalue weighted by atomic mass is 10.3. The number of rotatable bonds is 4. The summed E-state index contributed by atoms with van der Waals surface area (Å²) in [5, 5.41) is 2.70. The van der Waals surface area contributed by atoms with Crippen molar-refractivity contribution in [3.8, 4) is 0 Å². The Morgan fingerprint density at radius 3 is 2.67 bits per heavy atom. The molecule has 0 radical (unpaired) electrons. The topological polar surface area (TPSA) is 65.2 Å². The second kappa shape index (κ2) is 4.39. The van der Waals surface area contributed by atoms with Crippen molar-refractivity contribution in [1.82, 2.24) is 10.1 Å². The van der Waals surface area contributed by atoms with Gasteiger partial charge in [-0.3, -0.25) is 4.79 Å². The molecule has 15 heavy (non-hydrogen) atoms. The average molecular weight is 224 g/mol. The minimum atomic E-state index is -4.66. The zero-order valence-corrected chi connectivity index (χ0v) is 7.67. The number of nitrogens with zero attached hydrogens (tertiary/aromatic N) is 2. The first-order valence-corrected chi connectivity index (χ1v) is 3.84. The Labute approximate surface area is 82.2 Å². The molecule has 0 aliphatic heterocycles. The van der Waals surface area contributed by atoms with Gasteiger partial charge in [-0.1, -0.05) is 5.16 Å². The number of hydrogen-bond acceptors (Lipinski definition) is 5. The highest BCUT2D eigenvalue weighted by Crippen LogP contribution is 2.26. The summed E-state index contributed by atoms with van der Waals surface area (Å²) >= 11 is 0. The fourth-order valence-corrected chi connectivity index (χ4v) is 0.822. The molecule has 84 valence electrons. The fourth-order valence-electron chi connectivity index (χ4n) is 0.822. The minimum absolute atomic E-state index is 0.205. The van der Waals surface area contributed by atoms with E-state index in [1.165, 1.54) is 7.11 Å². The van der Waals surface area contributed by atoms with Crippen LogP contribution in [0.3, 0.4) is 0 Å². The van der Waals surface area contributed by atoms with E-state index in [4.69, 9.17) is 0 Å². The number of Topliss-reactive ketones (excluding diaryl/α,β-unsaturated/α-hetero) is 1. The normalized spacial score (nSPS) is 11.7. The molecule has 0 saturated heterocycles. The van der Waals surface area contributed by atoms with Crippen LogP contribution in [0.2, 0.25) is 0 Å². The van der Waals surface area contributed by atoms with Gasteiger partial charge in [0.05, 0.1) is 6.42 Å². The summed E-state index contributed by atoms with van der Waals surface area (Å²) in [4.78, 5) is 14.0. The third-order valence-corrected chi connectivity index (χ3v) is 1.38. The minimum Gasteiger partial charge on any atom is -0.377 e. The lowest BCUT2D eigenvalue weighted by molar-refractivity contribution is -0.146. The maximum Gasteiger partial charge on any atom is 0.455 e. The SMILES string of the molecule is COCC(=O)Cc1nc(C(F)(F)F)no1. The highest BCUT2D eigenvalue weighted by atomic mass is 19.4. The molecule has 0 amide bonds. The van der Waals surface area contributed by atoms with Gasteiger partial charge in [-0.15, -0.1) is 0 Å². The van der Waals surface area contributed by atoms with Crippen molar-refractivity contribution in [3.63, 3.8) is 0 Å². The number of methoxy groups -OCH3 is 1. The Morgan fingerprint density at radius 1 is 1.53 bits per heavy atom. The van der Waals surface area contributed by atoms with E-state index in [1.54, 1.807) is 0 Å². The summed E-state index contributed by atoms with van der Waals surface area (Å²) in [6, 6.07) is 0. The molecule has 8 heteroatoms. The fraction of sp³-hybridized carbons (Fsp3) is 0.571. The summed E-state index contributed by atoms with van der Waals surface area (Å²) < 4.78 is 44.7. The second-order valence-corrected chi connectivity index (χ2v) is 2.66. The van der Waals surface area contributed by atoms with E-state index in [9.17, 15) is 18.0 Å². The van der Waals surface area contributed by atoms with Gasteiger partial charge in [-0.05, 0) is 0 Å². The zero-order valence-electron chi connectivity index (χ0n) is 7.67. The molecule has 1 aromatic rings. The average Bonchev–Trinajstić information content (AvgIpc) is 2.52. The van der Waals surface area contributed by atoms with Gasteiger partial charge in [0.25, 0.3) is 5.82 Å². The lowest BCUT2D eigenvalue weighted by Gasteiger charge is -1.96. The first kappa shape index (κ1) is 11.6. The predicted octanol–water partition coefficient (Wildman–Crippen LogP) is 0.846. The van der Waals surface area contributed by atoms with E-state index in [2.05, 4.69) is 19.4 Å². The van der Waals surface area contributed by atoms with Crippen LogP contribution in [0.15, 0.2) is 4.52 Å². The van der Waals surface area contributed by atoms with Crippen LogP contribution in [-0.2, 0) is 22.1 Å². The van der Waals surface area contributed by atoms with Crippen LogP contribution in [-0.4, -0.2) is 29.6 Å². The molecule has 0 bridgehead atoms.